The summed E-state index contributed by atoms with van der Waals surface area (Å²) in [6.07, 6.45) is -5.71. The first-order valence-corrected chi connectivity index (χ1v) is 13.3. The fourth-order valence-corrected chi connectivity index (χ4v) is 5.30. The number of hydrogen-bond donors (Lipinski definition) is 5. The highest BCUT2D eigenvalue weighted by atomic mass is 16.7. The maximum Gasteiger partial charge on any atom is 0.338 e. The molecule has 0 saturated carbocycles. The summed E-state index contributed by atoms with van der Waals surface area (Å²) in [4.78, 5) is 13.1. The molecule has 11 heteroatoms. The van der Waals surface area contributed by atoms with Gasteiger partial charge in [0.05, 0.1) is 30.5 Å². The van der Waals surface area contributed by atoms with Crippen LogP contribution in [0.25, 0.3) is 0 Å². The first-order chi connectivity index (χ1) is 17.8. The Morgan fingerprint density at radius 2 is 1.66 bits per heavy atom. The third kappa shape index (κ3) is 7.13. The Morgan fingerprint density at radius 1 is 1.05 bits per heavy atom. The van der Waals surface area contributed by atoms with E-state index in [-0.39, 0.29) is 38.2 Å². The molecule has 2 rings (SSSR count). The van der Waals surface area contributed by atoms with Crippen LogP contribution in [0.5, 0.6) is 0 Å². The molecule has 2 saturated heterocycles. The van der Waals surface area contributed by atoms with Crippen molar-refractivity contribution in [1.29, 1.82) is 0 Å². The lowest BCUT2D eigenvalue weighted by molar-refractivity contribution is -0.379. The molecule has 222 valence electrons. The summed E-state index contributed by atoms with van der Waals surface area (Å²) in [6.45, 7) is 6.81. The number of aliphatic hydroxyl groups is 5. The predicted molar refractivity (Wildman–Crippen MR) is 137 cm³/mol. The minimum absolute atomic E-state index is 0.0174. The van der Waals surface area contributed by atoms with Crippen LogP contribution in [0.4, 0.5) is 0 Å². The molecule has 2 aliphatic heterocycles. The maximum absolute atomic E-state index is 13.1. The van der Waals surface area contributed by atoms with Crippen molar-refractivity contribution >= 4 is 5.97 Å². The average Bonchev–Trinajstić information content (AvgIpc) is 2.89. The SMILES string of the molecule is CC[C@@H](/C=C(\C)[C@H]1C[C@H](OC)C[C@@H](O)C(C)(C)[C@]2(O)O[C@@H](C[C@H](OC)[C@@H](O)C(=O)O1)C[C@H](OC)[C@@H]2O)CO. The molecular weight excluding hydrogens is 500 g/mol. The van der Waals surface area contributed by atoms with E-state index in [0.29, 0.717) is 12.0 Å². The number of fused-ring (bicyclic) bond motifs is 2. The van der Waals surface area contributed by atoms with Gasteiger partial charge in [-0.05, 0) is 18.9 Å². The van der Waals surface area contributed by atoms with Crippen LogP contribution >= 0.6 is 0 Å². The van der Waals surface area contributed by atoms with Crippen LogP contribution in [-0.2, 0) is 28.5 Å². The molecule has 11 nitrogen and oxygen atoms in total. The van der Waals surface area contributed by atoms with Crippen molar-refractivity contribution in [2.75, 3.05) is 27.9 Å². The van der Waals surface area contributed by atoms with E-state index in [1.807, 2.05) is 13.0 Å². The number of cyclic esters (lactones) is 1. The number of esters is 1. The Hall–Kier alpha value is -1.15. The van der Waals surface area contributed by atoms with Gasteiger partial charge in [0.2, 0.25) is 5.79 Å². The van der Waals surface area contributed by atoms with Crippen LogP contribution in [0.3, 0.4) is 0 Å². The van der Waals surface area contributed by atoms with Gasteiger partial charge in [-0.25, -0.2) is 4.79 Å². The van der Waals surface area contributed by atoms with Crippen molar-refractivity contribution in [2.45, 2.75) is 114 Å². The third-order valence-corrected chi connectivity index (χ3v) is 8.37. The monoisotopic (exact) mass is 548 g/mol. The minimum Gasteiger partial charge on any atom is -0.456 e. The Kier molecular flexibility index (Phi) is 12.1. The van der Waals surface area contributed by atoms with Crippen molar-refractivity contribution in [1.82, 2.24) is 0 Å². The van der Waals surface area contributed by atoms with Crippen LogP contribution in [-0.4, -0.2) is 114 Å². The Labute approximate surface area is 225 Å². The molecule has 0 unspecified atom stereocenters. The molecule has 0 aromatic carbocycles. The van der Waals surface area contributed by atoms with Gasteiger partial charge in [0, 0.05) is 65.0 Å². The van der Waals surface area contributed by atoms with E-state index in [9.17, 15) is 30.3 Å². The number of carbonyl (C=O) groups excluding carboxylic acids is 1. The lowest BCUT2D eigenvalue weighted by atomic mass is 9.70. The minimum atomic E-state index is -2.23. The Balaban J connectivity index is 2.56. The van der Waals surface area contributed by atoms with Crippen LogP contribution < -0.4 is 0 Å². The van der Waals surface area contributed by atoms with Crippen LogP contribution in [0.15, 0.2) is 11.6 Å². The fraction of sp³-hybridized carbons (Fsp3) is 0.889. The molecule has 0 amide bonds. The van der Waals surface area contributed by atoms with E-state index in [1.54, 1.807) is 20.8 Å². The molecule has 0 aromatic rings. The summed E-state index contributed by atoms with van der Waals surface area (Å²) in [6, 6.07) is 0. The van der Waals surface area contributed by atoms with E-state index >= 15 is 0 Å². The van der Waals surface area contributed by atoms with Crippen LogP contribution in [0, 0.1) is 11.3 Å². The van der Waals surface area contributed by atoms with Crippen molar-refractivity contribution in [3.63, 3.8) is 0 Å². The molecule has 2 bridgehead atoms. The van der Waals surface area contributed by atoms with E-state index < -0.39 is 66.0 Å². The Bertz CT molecular complexity index is 783. The topological polar surface area (TPSA) is 164 Å². The number of methoxy groups -OCH3 is 3. The smallest absolute Gasteiger partial charge is 0.338 e. The molecule has 38 heavy (non-hydrogen) atoms. The molecule has 2 heterocycles. The lowest BCUT2D eigenvalue weighted by Crippen LogP contribution is -2.68. The normalized spacial score (nSPS) is 40.2. The van der Waals surface area contributed by atoms with Crippen molar-refractivity contribution in [2.24, 2.45) is 11.3 Å². The van der Waals surface area contributed by atoms with Gasteiger partial charge in [-0.2, -0.15) is 0 Å². The third-order valence-electron chi connectivity index (χ3n) is 8.37. The molecule has 0 spiro atoms. The predicted octanol–water partition coefficient (Wildman–Crippen LogP) is 0.678. The first kappa shape index (κ1) is 33.1. The van der Waals surface area contributed by atoms with E-state index in [1.165, 1.54) is 21.3 Å². The van der Waals surface area contributed by atoms with E-state index in [2.05, 4.69) is 0 Å². The zero-order valence-electron chi connectivity index (χ0n) is 23.7. The fourth-order valence-electron chi connectivity index (χ4n) is 5.30. The number of ether oxygens (including phenoxy) is 5. The highest BCUT2D eigenvalue weighted by molar-refractivity contribution is 5.75. The highest BCUT2D eigenvalue weighted by Crippen LogP contribution is 2.46. The standard InChI is InChI=1S/C27H48O11/c1-8-16(14-28)9-15(2)19-10-17(34-5)13-22(29)26(3,4)27(33)24(31)21(36-7)12-18(38-27)11-20(35-6)23(30)25(32)37-19/h9,16-24,28-31,33H,8,10-14H2,1-7H3/b15-9+/t16-,17-,18-,19+,20-,21-,22+,23+,24-,27+/m0/s1. The van der Waals surface area contributed by atoms with Gasteiger partial charge < -0.3 is 49.2 Å². The highest BCUT2D eigenvalue weighted by Gasteiger charge is 2.60. The van der Waals surface area contributed by atoms with E-state index in [0.717, 1.165) is 0 Å². The summed E-state index contributed by atoms with van der Waals surface area (Å²) in [5.41, 5.74) is -0.730. The van der Waals surface area contributed by atoms with E-state index in [4.69, 9.17) is 23.7 Å². The van der Waals surface area contributed by atoms with Gasteiger partial charge >= 0.3 is 5.97 Å². The molecular formula is C27H48O11. The molecule has 2 aliphatic rings. The maximum atomic E-state index is 13.1. The number of carbonyl (C=O) groups is 1. The number of aliphatic hydroxyl groups excluding tert-OH is 4. The van der Waals surface area contributed by atoms with Gasteiger partial charge in [-0.15, -0.1) is 0 Å². The molecule has 2 fully saturated rings. The largest absolute Gasteiger partial charge is 0.456 e. The van der Waals surface area contributed by atoms with Crippen molar-refractivity contribution in [3.05, 3.63) is 11.6 Å². The van der Waals surface area contributed by atoms with Gasteiger partial charge in [-0.3, -0.25) is 0 Å². The van der Waals surface area contributed by atoms with Gasteiger partial charge in [0.25, 0.3) is 0 Å². The second-order valence-corrected chi connectivity index (χ2v) is 11.1. The second kappa shape index (κ2) is 14.0. The summed E-state index contributed by atoms with van der Waals surface area (Å²) in [7, 11) is 4.20. The van der Waals surface area contributed by atoms with Gasteiger partial charge in [0.1, 0.15) is 12.2 Å². The molecule has 5 N–H and O–H groups in total. The Morgan fingerprint density at radius 3 is 2.18 bits per heavy atom. The van der Waals surface area contributed by atoms with Crippen LogP contribution in [0.1, 0.15) is 59.8 Å². The summed E-state index contributed by atoms with van der Waals surface area (Å²) < 4.78 is 28.3. The van der Waals surface area contributed by atoms with Gasteiger partial charge in [0.15, 0.2) is 6.10 Å². The molecule has 0 radical (unpaired) electrons. The molecule has 10 atom stereocenters. The lowest BCUT2D eigenvalue weighted by Gasteiger charge is -2.54. The summed E-state index contributed by atoms with van der Waals surface area (Å²) >= 11 is 0. The zero-order chi connectivity index (χ0) is 28.8. The first-order valence-electron chi connectivity index (χ1n) is 13.3. The van der Waals surface area contributed by atoms with Crippen molar-refractivity contribution in [3.8, 4) is 0 Å². The van der Waals surface area contributed by atoms with Crippen molar-refractivity contribution < 1.29 is 54.0 Å². The molecule has 0 aromatic heterocycles. The number of rotatable bonds is 7. The van der Waals surface area contributed by atoms with Gasteiger partial charge in [-0.1, -0.05) is 26.8 Å². The average molecular weight is 549 g/mol. The quantitative estimate of drug-likeness (QED) is 0.224. The zero-order valence-corrected chi connectivity index (χ0v) is 23.7. The summed E-state index contributed by atoms with van der Waals surface area (Å²) in [5.74, 6) is -3.29. The molecule has 0 aliphatic carbocycles. The second-order valence-electron chi connectivity index (χ2n) is 11.1. The summed E-state index contributed by atoms with van der Waals surface area (Å²) in [5, 5.41) is 54.7. The van der Waals surface area contributed by atoms with Crippen LogP contribution in [0.2, 0.25) is 0 Å². The number of hydrogen-bond acceptors (Lipinski definition) is 11.